The Balaban J connectivity index is 2.03. The molecule has 1 aromatic rings. The van der Waals surface area contributed by atoms with Gasteiger partial charge in [-0.15, -0.1) is 0 Å². The standard InChI is InChI=1S/C15H21NO3/c1-2-19-13-7-5-12(6-8-13)14(18)16-15(11-17)9-3-4-10-15/h5-8,17H,2-4,9-11H2,1H3,(H,16,18). The molecule has 0 aromatic heterocycles. The average molecular weight is 263 g/mol. The van der Waals surface area contributed by atoms with Gasteiger partial charge in [-0.1, -0.05) is 12.8 Å². The van der Waals surface area contributed by atoms with Crippen molar-refractivity contribution in [2.24, 2.45) is 0 Å². The molecule has 104 valence electrons. The summed E-state index contributed by atoms with van der Waals surface area (Å²) in [5, 5.41) is 12.5. The second kappa shape index (κ2) is 6.06. The van der Waals surface area contributed by atoms with E-state index in [1.54, 1.807) is 24.3 Å². The van der Waals surface area contributed by atoms with E-state index >= 15 is 0 Å². The van der Waals surface area contributed by atoms with Crippen LogP contribution in [0.3, 0.4) is 0 Å². The fourth-order valence-electron chi connectivity index (χ4n) is 2.56. The molecule has 0 unspecified atom stereocenters. The number of aliphatic hydroxyl groups excluding tert-OH is 1. The monoisotopic (exact) mass is 263 g/mol. The maximum atomic E-state index is 12.2. The Kier molecular flexibility index (Phi) is 4.43. The Hall–Kier alpha value is -1.55. The largest absolute Gasteiger partial charge is 0.494 e. The highest BCUT2D eigenvalue weighted by Crippen LogP contribution is 2.29. The Bertz CT molecular complexity index is 422. The molecule has 4 heteroatoms. The van der Waals surface area contributed by atoms with Gasteiger partial charge in [0, 0.05) is 5.56 Å². The molecule has 1 aromatic carbocycles. The van der Waals surface area contributed by atoms with Crippen molar-refractivity contribution in [1.82, 2.24) is 5.32 Å². The van der Waals surface area contributed by atoms with E-state index in [1.165, 1.54) is 0 Å². The smallest absolute Gasteiger partial charge is 0.251 e. The van der Waals surface area contributed by atoms with Gasteiger partial charge in [0.1, 0.15) is 5.75 Å². The Morgan fingerprint density at radius 1 is 1.32 bits per heavy atom. The summed E-state index contributed by atoms with van der Waals surface area (Å²) in [5.74, 6) is 0.635. The van der Waals surface area contributed by atoms with Gasteiger partial charge in [-0.2, -0.15) is 0 Å². The zero-order valence-electron chi connectivity index (χ0n) is 11.3. The Labute approximate surface area is 113 Å². The van der Waals surface area contributed by atoms with Gasteiger partial charge in [-0.05, 0) is 44.0 Å². The summed E-state index contributed by atoms with van der Waals surface area (Å²) in [4.78, 5) is 12.2. The number of carbonyl (C=O) groups is 1. The second-order valence-electron chi connectivity index (χ2n) is 5.06. The van der Waals surface area contributed by atoms with E-state index in [0.29, 0.717) is 12.2 Å². The normalized spacial score (nSPS) is 17.2. The lowest BCUT2D eigenvalue weighted by Crippen LogP contribution is -2.49. The van der Waals surface area contributed by atoms with Gasteiger partial charge < -0.3 is 15.2 Å². The number of amides is 1. The van der Waals surface area contributed by atoms with Crippen molar-refractivity contribution in [3.63, 3.8) is 0 Å². The highest BCUT2D eigenvalue weighted by atomic mass is 16.5. The number of nitrogens with one attached hydrogen (secondary N) is 1. The maximum Gasteiger partial charge on any atom is 0.251 e. The van der Waals surface area contributed by atoms with E-state index in [0.717, 1.165) is 31.4 Å². The molecule has 1 aliphatic carbocycles. The molecule has 0 radical (unpaired) electrons. The van der Waals surface area contributed by atoms with Gasteiger partial charge in [0.15, 0.2) is 0 Å². The molecule has 0 aliphatic heterocycles. The molecule has 0 atom stereocenters. The number of hydrogen-bond donors (Lipinski definition) is 2. The van der Waals surface area contributed by atoms with Gasteiger partial charge in [0.05, 0.1) is 18.8 Å². The van der Waals surface area contributed by atoms with Crippen LogP contribution in [0, 0.1) is 0 Å². The summed E-state index contributed by atoms with van der Waals surface area (Å²) >= 11 is 0. The molecule has 1 amide bonds. The zero-order chi connectivity index (χ0) is 13.7. The van der Waals surface area contributed by atoms with Crippen LogP contribution in [-0.2, 0) is 0 Å². The van der Waals surface area contributed by atoms with E-state index in [4.69, 9.17) is 4.74 Å². The van der Waals surface area contributed by atoms with E-state index in [-0.39, 0.29) is 12.5 Å². The number of benzene rings is 1. The van der Waals surface area contributed by atoms with Crippen LogP contribution >= 0.6 is 0 Å². The van der Waals surface area contributed by atoms with Crippen LogP contribution < -0.4 is 10.1 Å². The minimum Gasteiger partial charge on any atom is -0.494 e. The maximum absolute atomic E-state index is 12.2. The minimum absolute atomic E-state index is 0.00969. The van der Waals surface area contributed by atoms with E-state index in [1.807, 2.05) is 6.92 Å². The van der Waals surface area contributed by atoms with E-state index in [9.17, 15) is 9.90 Å². The van der Waals surface area contributed by atoms with Crippen LogP contribution in [0.25, 0.3) is 0 Å². The third-order valence-corrected chi connectivity index (χ3v) is 3.67. The number of hydrogen-bond acceptors (Lipinski definition) is 3. The molecule has 1 saturated carbocycles. The van der Waals surface area contributed by atoms with Crippen molar-refractivity contribution in [1.29, 1.82) is 0 Å². The van der Waals surface area contributed by atoms with Crippen LogP contribution in [0.4, 0.5) is 0 Å². The molecule has 2 rings (SSSR count). The first kappa shape index (κ1) is 13.9. The van der Waals surface area contributed by atoms with Crippen LogP contribution in [0.15, 0.2) is 24.3 Å². The van der Waals surface area contributed by atoms with Crippen molar-refractivity contribution in [3.05, 3.63) is 29.8 Å². The zero-order valence-corrected chi connectivity index (χ0v) is 11.3. The Morgan fingerprint density at radius 3 is 2.47 bits per heavy atom. The fourth-order valence-corrected chi connectivity index (χ4v) is 2.56. The molecule has 1 fully saturated rings. The summed E-state index contributed by atoms with van der Waals surface area (Å²) in [5.41, 5.74) is 0.179. The van der Waals surface area contributed by atoms with Crippen LogP contribution in [0.5, 0.6) is 5.75 Å². The predicted molar refractivity (Wildman–Crippen MR) is 73.4 cm³/mol. The third-order valence-electron chi connectivity index (χ3n) is 3.67. The first-order valence-corrected chi connectivity index (χ1v) is 6.85. The highest BCUT2D eigenvalue weighted by Gasteiger charge is 2.34. The summed E-state index contributed by atoms with van der Waals surface area (Å²) in [7, 11) is 0. The van der Waals surface area contributed by atoms with Gasteiger partial charge >= 0.3 is 0 Å². The van der Waals surface area contributed by atoms with Crippen LogP contribution in [0.2, 0.25) is 0 Å². The number of ether oxygens (including phenoxy) is 1. The molecule has 0 spiro atoms. The molecule has 1 aliphatic rings. The van der Waals surface area contributed by atoms with Crippen molar-refractivity contribution in [2.75, 3.05) is 13.2 Å². The molecule has 2 N–H and O–H groups in total. The predicted octanol–water partition coefficient (Wildman–Crippen LogP) is 2.12. The van der Waals surface area contributed by atoms with Gasteiger partial charge in [0.25, 0.3) is 5.91 Å². The lowest BCUT2D eigenvalue weighted by Gasteiger charge is -2.28. The minimum atomic E-state index is -0.421. The SMILES string of the molecule is CCOc1ccc(C(=O)NC2(CO)CCCC2)cc1. The quantitative estimate of drug-likeness (QED) is 0.855. The van der Waals surface area contributed by atoms with Crippen molar-refractivity contribution >= 4 is 5.91 Å². The van der Waals surface area contributed by atoms with Crippen molar-refractivity contribution < 1.29 is 14.6 Å². The third kappa shape index (κ3) is 3.26. The molecular weight excluding hydrogens is 242 g/mol. The summed E-state index contributed by atoms with van der Waals surface area (Å²) in [6, 6.07) is 7.08. The lowest BCUT2D eigenvalue weighted by molar-refractivity contribution is 0.0838. The fraction of sp³-hybridized carbons (Fsp3) is 0.533. The van der Waals surface area contributed by atoms with Crippen LogP contribution in [-0.4, -0.2) is 29.8 Å². The number of aliphatic hydroxyl groups is 1. The lowest BCUT2D eigenvalue weighted by atomic mass is 9.98. The number of rotatable bonds is 5. The first-order valence-electron chi connectivity index (χ1n) is 6.85. The number of carbonyl (C=O) groups excluding carboxylic acids is 1. The topological polar surface area (TPSA) is 58.6 Å². The van der Waals surface area contributed by atoms with E-state index < -0.39 is 5.54 Å². The second-order valence-corrected chi connectivity index (χ2v) is 5.06. The van der Waals surface area contributed by atoms with Gasteiger partial charge in [-0.25, -0.2) is 0 Å². The molecule has 4 nitrogen and oxygen atoms in total. The first-order chi connectivity index (χ1) is 9.19. The van der Waals surface area contributed by atoms with E-state index in [2.05, 4.69) is 5.32 Å². The molecule has 0 saturated heterocycles. The van der Waals surface area contributed by atoms with Crippen molar-refractivity contribution in [2.45, 2.75) is 38.1 Å². The van der Waals surface area contributed by atoms with Crippen molar-refractivity contribution in [3.8, 4) is 5.75 Å². The molecule has 0 heterocycles. The summed E-state index contributed by atoms with van der Waals surface area (Å²) < 4.78 is 5.34. The highest BCUT2D eigenvalue weighted by molar-refractivity contribution is 5.94. The summed E-state index contributed by atoms with van der Waals surface area (Å²) in [6.07, 6.45) is 3.83. The van der Waals surface area contributed by atoms with Gasteiger partial charge in [0.2, 0.25) is 0 Å². The molecule has 19 heavy (non-hydrogen) atoms. The van der Waals surface area contributed by atoms with Gasteiger partial charge in [-0.3, -0.25) is 4.79 Å². The Morgan fingerprint density at radius 2 is 1.95 bits per heavy atom. The van der Waals surface area contributed by atoms with Crippen LogP contribution in [0.1, 0.15) is 43.0 Å². The summed E-state index contributed by atoms with van der Waals surface area (Å²) in [6.45, 7) is 2.54. The molecule has 0 bridgehead atoms. The molecular formula is C15H21NO3. The average Bonchev–Trinajstić information content (AvgIpc) is 2.89.